The Morgan fingerprint density at radius 1 is 1.00 bits per heavy atom. The first-order chi connectivity index (χ1) is 13.2. The number of carbonyl (C=O) groups is 3. The fourth-order valence-electron chi connectivity index (χ4n) is 2.19. The maximum Gasteiger partial charge on any atom is 0.273 e. The number of ketones is 1. The number of para-hydroxylation sites is 1. The topological polar surface area (TPSA) is 142 Å². The standard InChI is InChI=1S/C18H19N3O6S/c1-12(22)13-5-4-6-14(11-13)28(26,27)19-10-9-17(24)20-21-18(25)15-7-2-3-8-16(15)23/h2-8,11,19,23H,9-10H2,1H3,(H,20,24)(H,21,25). The number of benzene rings is 2. The third-order valence-electron chi connectivity index (χ3n) is 3.66. The van der Waals surface area contributed by atoms with Gasteiger partial charge in [-0.15, -0.1) is 0 Å². The first-order valence-electron chi connectivity index (χ1n) is 8.18. The average molecular weight is 405 g/mol. The van der Waals surface area contributed by atoms with Gasteiger partial charge in [-0.2, -0.15) is 0 Å². The van der Waals surface area contributed by atoms with Crippen molar-refractivity contribution in [1.82, 2.24) is 15.6 Å². The molecule has 0 bridgehead atoms. The van der Waals surface area contributed by atoms with Crippen LogP contribution >= 0.6 is 0 Å². The van der Waals surface area contributed by atoms with E-state index < -0.39 is 21.8 Å². The smallest absolute Gasteiger partial charge is 0.273 e. The average Bonchev–Trinajstić information content (AvgIpc) is 2.66. The van der Waals surface area contributed by atoms with Gasteiger partial charge in [0.1, 0.15) is 5.75 Å². The van der Waals surface area contributed by atoms with Crippen LogP contribution in [0.25, 0.3) is 0 Å². The fraction of sp³-hybridized carbons (Fsp3) is 0.167. The summed E-state index contributed by atoms with van der Waals surface area (Å²) in [5, 5.41) is 9.57. The van der Waals surface area contributed by atoms with E-state index in [1.165, 1.54) is 43.3 Å². The first kappa shape index (κ1) is 21.1. The van der Waals surface area contributed by atoms with Crippen molar-refractivity contribution in [3.63, 3.8) is 0 Å². The number of nitrogens with one attached hydrogen (secondary N) is 3. The molecule has 148 valence electrons. The summed E-state index contributed by atoms with van der Waals surface area (Å²) in [5.41, 5.74) is 4.49. The summed E-state index contributed by atoms with van der Waals surface area (Å²) in [4.78, 5) is 34.9. The molecule has 0 spiro atoms. The molecule has 2 aromatic rings. The van der Waals surface area contributed by atoms with Gasteiger partial charge in [0.25, 0.3) is 5.91 Å². The minimum absolute atomic E-state index is 0.0196. The molecule has 10 heteroatoms. The molecular formula is C18H19N3O6S. The van der Waals surface area contributed by atoms with Gasteiger partial charge in [-0.25, -0.2) is 13.1 Å². The molecular weight excluding hydrogens is 386 g/mol. The highest BCUT2D eigenvalue weighted by Gasteiger charge is 2.16. The Bertz CT molecular complexity index is 1000. The van der Waals surface area contributed by atoms with E-state index in [0.29, 0.717) is 0 Å². The number of amides is 2. The van der Waals surface area contributed by atoms with Crippen LogP contribution in [0.15, 0.2) is 53.4 Å². The van der Waals surface area contributed by atoms with Crippen molar-refractivity contribution < 1.29 is 27.9 Å². The number of carbonyl (C=O) groups excluding carboxylic acids is 3. The van der Waals surface area contributed by atoms with Crippen molar-refractivity contribution in [1.29, 1.82) is 0 Å². The Morgan fingerprint density at radius 2 is 1.71 bits per heavy atom. The van der Waals surface area contributed by atoms with E-state index in [4.69, 9.17) is 0 Å². The minimum atomic E-state index is -3.89. The predicted octanol–water partition coefficient (Wildman–Crippen LogP) is 0.724. The van der Waals surface area contributed by atoms with Gasteiger partial charge < -0.3 is 5.11 Å². The molecule has 0 atom stereocenters. The monoisotopic (exact) mass is 405 g/mol. The van der Waals surface area contributed by atoms with E-state index in [9.17, 15) is 27.9 Å². The van der Waals surface area contributed by atoms with Gasteiger partial charge in [-0.3, -0.25) is 25.2 Å². The maximum atomic E-state index is 12.2. The van der Waals surface area contributed by atoms with E-state index in [-0.39, 0.29) is 40.5 Å². The molecule has 0 fully saturated rings. The van der Waals surface area contributed by atoms with Crippen molar-refractivity contribution in [2.45, 2.75) is 18.2 Å². The molecule has 0 aliphatic rings. The number of rotatable bonds is 7. The molecule has 0 saturated heterocycles. The van der Waals surface area contributed by atoms with Gasteiger partial charge in [0.05, 0.1) is 10.5 Å². The van der Waals surface area contributed by atoms with Crippen LogP contribution in [0.5, 0.6) is 5.75 Å². The van der Waals surface area contributed by atoms with Gasteiger partial charge in [0.2, 0.25) is 15.9 Å². The van der Waals surface area contributed by atoms with E-state index in [1.807, 2.05) is 0 Å². The van der Waals surface area contributed by atoms with E-state index in [1.54, 1.807) is 12.1 Å². The molecule has 2 aromatic carbocycles. The summed E-state index contributed by atoms with van der Waals surface area (Å²) in [5.74, 6) is -1.86. The number of Topliss-reactive ketones (excluding diaryl/α,β-unsaturated/α-hetero) is 1. The van der Waals surface area contributed by atoms with Gasteiger partial charge >= 0.3 is 0 Å². The van der Waals surface area contributed by atoms with Crippen LogP contribution in [0.1, 0.15) is 34.1 Å². The molecule has 4 N–H and O–H groups in total. The molecule has 2 amide bonds. The number of hydrazine groups is 1. The normalized spacial score (nSPS) is 10.9. The van der Waals surface area contributed by atoms with Crippen LogP contribution in [0.3, 0.4) is 0 Å². The zero-order chi connectivity index (χ0) is 20.7. The highest BCUT2D eigenvalue weighted by molar-refractivity contribution is 7.89. The quantitative estimate of drug-likeness (QED) is 0.395. The van der Waals surface area contributed by atoms with Crippen molar-refractivity contribution in [2.75, 3.05) is 6.54 Å². The predicted molar refractivity (Wildman–Crippen MR) is 100.0 cm³/mol. The lowest BCUT2D eigenvalue weighted by Gasteiger charge is -2.10. The summed E-state index contributed by atoms with van der Waals surface area (Å²) in [6, 6.07) is 11.3. The van der Waals surface area contributed by atoms with Crippen molar-refractivity contribution in [3.8, 4) is 5.75 Å². The third-order valence-corrected chi connectivity index (χ3v) is 5.12. The maximum absolute atomic E-state index is 12.2. The van der Waals surface area contributed by atoms with E-state index in [0.717, 1.165) is 0 Å². The van der Waals surface area contributed by atoms with Crippen LogP contribution in [-0.2, 0) is 14.8 Å². The molecule has 28 heavy (non-hydrogen) atoms. The number of phenols is 1. The molecule has 9 nitrogen and oxygen atoms in total. The van der Waals surface area contributed by atoms with Gasteiger partial charge in [0.15, 0.2) is 5.78 Å². The first-order valence-corrected chi connectivity index (χ1v) is 9.67. The Kier molecular flexibility index (Phi) is 6.85. The lowest BCUT2D eigenvalue weighted by molar-refractivity contribution is -0.121. The fourth-order valence-corrected chi connectivity index (χ4v) is 3.26. The third kappa shape index (κ3) is 5.63. The zero-order valence-electron chi connectivity index (χ0n) is 14.9. The summed E-state index contributed by atoms with van der Waals surface area (Å²) in [6.45, 7) is 1.11. The van der Waals surface area contributed by atoms with Crippen molar-refractivity contribution in [2.24, 2.45) is 0 Å². The molecule has 0 aromatic heterocycles. The molecule has 0 aliphatic carbocycles. The van der Waals surface area contributed by atoms with Crippen LogP contribution in [-0.4, -0.2) is 37.7 Å². The second-order valence-corrected chi connectivity index (χ2v) is 7.52. The van der Waals surface area contributed by atoms with Crippen molar-refractivity contribution in [3.05, 3.63) is 59.7 Å². The number of hydrogen-bond acceptors (Lipinski definition) is 6. The van der Waals surface area contributed by atoms with Crippen LogP contribution in [0, 0.1) is 0 Å². The highest BCUT2D eigenvalue weighted by atomic mass is 32.2. The number of aromatic hydroxyl groups is 1. The van der Waals surface area contributed by atoms with Gasteiger partial charge in [-0.05, 0) is 31.2 Å². The Hall–Kier alpha value is -3.24. The lowest BCUT2D eigenvalue weighted by Crippen LogP contribution is -2.42. The summed E-state index contributed by atoms with van der Waals surface area (Å²) in [7, 11) is -3.89. The van der Waals surface area contributed by atoms with Gasteiger partial charge in [-0.1, -0.05) is 24.3 Å². The molecule has 0 radical (unpaired) electrons. The summed E-state index contributed by atoms with van der Waals surface area (Å²) >= 11 is 0. The van der Waals surface area contributed by atoms with Crippen LogP contribution in [0.4, 0.5) is 0 Å². The van der Waals surface area contributed by atoms with Crippen LogP contribution < -0.4 is 15.6 Å². The number of hydrogen-bond donors (Lipinski definition) is 4. The molecule has 0 saturated carbocycles. The minimum Gasteiger partial charge on any atom is -0.507 e. The number of phenolic OH excluding ortho intramolecular Hbond substituents is 1. The van der Waals surface area contributed by atoms with Crippen molar-refractivity contribution >= 4 is 27.6 Å². The molecule has 0 unspecified atom stereocenters. The Morgan fingerprint density at radius 3 is 2.39 bits per heavy atom. The number of sulfonamides is 1. The van der Waals surface area contributed by atoms with Gasteiger partial charge in [0, 0.05) is 18.5 Å². The summed E-state index contributed by atoms with van der Waals surface area (Å²) < 4.78 is 26.7. The Balaban J connectivity index is 1.84. The molecule has 0 heterocycles. The SMILES string of the molecule is CC(=O)c1cccc(S(=O)(=O)NCCC(=O)NNC(=O)c2ccccc2O)c1. The second kappa shape index (κ2) is 9.11. The van der Waals surface area contributed by atoms with E-state index in [2.05, 4.69) is 15.6 Å². The highest BCUT2D eigenvalue weighted by Crippen LogP contribution is 2.14. The van der Waals surface area contributed by atoms with E-state index >= 15 is 0 Å². The second-order valence-electron chi connectivity index (χ2n) is 5.75. The zero-order valence-corrected chi connectivity index (χ0v) is 15.7. The lowest BCUT2D eigenvalue weighted by atomic mass is 10.2. The summed E-state index contributed by atoms with van der Waals surface area (Å²) in [6.07, 6.45) is -0.243. The molecule has 2 rings (SSSR count). The largest absolute Gasteiger partial charge is 0.507 e. The Labute approximate surface area is 161 Å². The van der Waals surface area contributed by atoms with Crippen LogP contribution in [0.2, 0.25) is 0 Å². The molecule has 0 aliphatic heterocycles.